The Morgan fingerprint density at radius 1 is 1.12 bits per heavy atom. The van der Waals surface area contributed by atoms with Crippen LogP contribution in [0.15, 0.2) is 43.0 Å². The molecule has 0 unspecified atom stereocenters. The highest BCUT2D eigenvalue weighted by atomic mass is 28.4. The Labute approximate surface area is 151 Å². The summed E-state index contributed by atoms with van der Waals surface area (Å²) in [6.07, 6.45) is 2.23. The maximum Gasteiger partial charge on any atom is 0.191 e. The first kappa shape index (κ1) is 21.4. The summed E-state index contributed by atoms with van der Waals surface area (Å²) in [6, 6.07) is 10.6. The van der Waals surface area contributed by atoms with Crippen molar-refractivity contribution >= 4 is 21.6 Å². The molecule has 136 valence electrons. The maximum absolute atomic E-state index is 10.8. The summed E-state index contributed by atoms with van der Waals surface area (Å²) in [7, 11) is -3.57. The molecule has 24 heavy (non-hydrogen) atoms. The Morgan fingerprint density at radius 3 is 2.12 bits per heavy atom. The minimum absolute atomic E-state index is 0.128. The number of rotatable bonds is 8. The van der Waals surface area contributed by atoms with Crippen molar-refractivity contribution in [3.63, 3.8) is 0 Å². The van der Waals surface area contributed by atoms with Crippen LogP contribution in [0.25, 0.3) is 0 Å². The van der Waals surface area contributed by atoms with Gasteiger partial charge in [0.15, 0.2) is 8.32 Å². The largest absolute Gasteiger partial charge is 0.417 e. The topological polar surface area (TPSA) is 29.5 Å². The van der Waals surface area contributed by atoms with Crippen LogP contribution >= 0.6 is 0 Å². The lowest BCUT2D eigenvalue weighted by Crippen LogP contribution is -2.49. The molecule has 0 saturated carbocycles. The van der Waals surface area contributed by atoms with Crippen LogP contribution < -0.4 is 5.19 Å². The van der Waals surface area contributed by atoms with Gasteiger partial charge in [-0.25, -0.2) is 0 Å². The predicted molar refractivity (Wildman–Crippen MR) is 111 cm³/mol. The van der Waals surface area contributed by atoms with Gasteiger partial charge in [0, 0.05) is 12.1 Å². The van der Waals surface area contributed by atoms with E-state index in [0.29, 0.717) is 13.0 Å². The zero-order valence-corrected chi connectivity index (χ0v) is 18.6. The summed E-state index contributed by atoms with van der Waals surface area (Å²) in [5, 5.41) is 12.4. The molecule has 2 atom stereocenters. The maximum atomic E-state index is 10.8. The lowest BCUT2D eigenvalue weighted by Gasteiger charge is -2.38. The van der Waals surface area contributed by atoms with Gasteiger partial charge in [-0.3, -0.25) is 0 Å². The van der Waals surface area contributed by atoms with Gasteiger partial charge < -0.3 is 9.53 Å². The summed E-state index contributed by atoms with van der Waals surface area (Å²) < 4.78 is 6.24. The molecule has 0 heterocycles. The van der Waals surface area contributed by atoms with Gasteiger partial charge in [0.2, 0.25) is 0 Å². The fraction of sp³-hybridized carbons (Fsp3) is 0.600. The second-order valence-corrected chi connectivity index (χ2v) is 18.3. The van der Waals surface area contributed by atoms with E-state index in [1.165, 1.54) is 5.19 Å². The second-order valence-electron chi connectivity index (χ2n) is 8.81. The van der Waals surface area contributed by atoms with Gasteiger partial charge in [0.25, 0.3) is 0 Å². The summed E-state index contributed by atoms with van der Waals surface area (Å²) in [5.74, 6) is 0. The van der Waals surface area contributed by atoms with Crippen LogP contribution in [0.1, 0.15) is 27.2 Å². The molecule has 4 heteroatoms. The zero-order chi connectivity index (χ0) is 18.6. The molecular weight excluding hydrogens is 328 g/mol. The van der Waals surface area contributed by atoms with E-state index in [9.17, 15) is 5.11 Å². The highest BCUT2D eigenvalue weighted by Gasteiger charge is 2.39. The molecule has 0 fully saturated rings. The van der Waals surface area contributed by atoms with Crippen molar-refractivity contribution in [3.8, 4) is 0 Å². The van der Waals surface area contributed by atoms with E-state index in [1.54, 1.807) is 0 Å². The lowest BCUT2D eigenvalue weighted by atomic mass is 10.2. The van der Waals surface area contributed by atoms with Gasteiger partial charge in [0.05, 0.1) is 14.2 Å². The lowest BCUT2D eigenvalue weighted by molar-refractivity contribution is 0.136. The average Bonchev–Trinajstić information content (AvgIpc) is 2.47. The van der Waals surface area contributed by atoms with Crippen molar-refractivity contribution in [1.82, 2.24) is 0 Å². The predicted octanol–water partition coefficient (Wildman–Crippen LogP) is 4.93. The van der Waals surface area contributed by atoms with Crippen molar-refractivity contribution < 1.29 is 9.53 Å². The van der Waals surface area contributed by atoms with Crippen LogP contribution in [-0.4, -0.2) is 34.2 Å². The van der Waals surface area contributed by atoms with Crippen LogP contribution in [-0.2, 0) is 4.43 Å². The smallest absolute Gasteiger partial charge is 0.191 e. The second kappa shape index (κ2) is 8.13. The molecule has 0 saturated heterocycles. The fourth-order valence-electron chi connectivity index (χ4n) is 2.82. The summed E-state index contributed by atoms with van der Waals surface area (Å²) in [5.41, 5.74) is 0.128. The molecule has 1 aromatic rings. The molecule has 1 N–H and O–H groups in total. The molecule has 0 aliphatic heterocycles. The minimum atomic E-state index is -1.82. The van der Waals surface area contributed by atoms with Gasteiger partial charge in [0.1, 0.15) is 0 Å². The Morgan fingerprint density at radius 2 is 1.67 bits per heavy atom. The standard InChI is InChI=1S/C20H36O2Si2/c1-9-19(23(5,6)17-13-11-10-12-14-17)18(21)15-16-22-24(7,8)20(2,3)4/h9-14,18-19,21H,1,15-16H2,2-8H3/t18-,19-/m1/s1. The summed E-state index contributed by atoms with van der Waals surface area (Å²) >= 11 is 0. The Kier molecular flexibility index (Phi) is 7.23. The SMILES string of the molecule is C=C[C@H]([C@H](O)CCO[Si](C)(C)C(C)(C)C)[Si](C)(C)c1ccccc1. The molecule has 1 rings (SSSR count). The van der Waals surface area contributed by atoms with E-state index in [0.717, 1.165) is 0 Å². The van der Waals surface area contributed by atoms with Crippen LogP contribution in [0.3, 0.4) is 0 Å². The van der Waals surface area contributed by atoms with Crippen molar-refractivity contribution in [2.24, 2.45) is 0 Å². The Balaban J connectivity index is 2.74. The van der Waals surface area contributed by atoms with Gasteiger partial charge in [-0.1, -0.05) is 75.5 Å². The van der Waals surface area contributed by atoms with Crippen LogP contribution in [0.5, 0.6) is 0 Å². The fourth-order valence-corrected chi connectivity index (χ4v) is 7.04. The third kappa shape index (κ3) is 5.15. The first-order valence-electron chi connectivity index (χ1n) is 8.93. The summed E-state index contributed by atoms with van der Waals surface area (Å²) in [6.45, 7) is 20.5. The van der Waals surface area contributed by atoms with Gasteiger partial charge >= 0.3 is 0 Å². The van der Waals surface area contributed by atoms with Crippen LogP contribution in [0.2, 0.25) is 36.8 Å². The normalized spacial score (nSPS) is 15.8. The van der Waals surface area contributed by atoms with Crippen molar-refractivity contribution in [2.75, 3.05) is 6.61 Å². The number of hydrogen-bond acceptors (Lipinski definition) is 2. The third-order valence-electron chi connectivity index (χ3n) is 5.70. The van der Waals surface area contributed by atoms with Crippen LogP contribution in [0, 0.1) is 0 Å². The van der Waals surface area contributed by atoms with E-state index in [2.05, 4.69) is 77.8 Å². The van der Waals surface area contributed by atoms with E-state index >= 15 is 0 Å². The van der Waals surface area contributed by atoms with Crippen molar-refractivity contribution in [2.45, 2.75) is 70.1 Å². The third-order valence-corrected chi connectivity index (χ3v) is 14.3. The zero-order valence-electron chi connectivity index (χ0n) is 16.6. The average molecular weight is 365 g/mol. The van der Waals surface area contributed by atoms with E-state index in [-0.39, 0.29) is 10.6 Å². The molecule has 0 aromatic heterocycles. The molecule has 0 aliphatic rings. The number of aliphatic hydroxyl groups is 1. The molecule has 1 aromatic carbocycles. The Hall–Kier alpha value is -0.686. The van der Waals surface area contributed by atoms with Crippen molar-refractivity contribution in [3.05, 3.63) is 43.0 Å². The van der Waals surface area contributed by atoms with Gasteiger partial charge in [-0.05, 0) is 24.6 Å². The van der Waals surface area contributed by atoms with Crippen molar-refractivity contribution in [1.29, 1.82) is 0 Å². The monoisotopic (exact) mass is 364 g/mol. The van der Waals surface area contributed by atoms with Gasteiger partial charge in [-0.15, -0.1) is 6.58 Å². The van der Waals surface area contributed by atoms with E-state index in [4.69, 9.17) is 4.43 Å². The quantitative estimate of drug-likeness (QED) is 0.523. The van der Waals surface area contributed by atoms with Crippen LogP contribution in [0.4, 0.5) is 0 Å². The first-order valence-corrected chi connectivity index (χ1v) is 14.9. The number of benzene rings is 1. The molecule has 0 amide bonds. The molecule has 0 spiro atoms. The first-order chi connectivity index (χ1) is 10.9. The summed E-state index contributed by atoms with van der Waals surface area (Å²) in [4.78, 5) is 0. The van der Waals surface area contributed by atoms with Gasteiger partial charge in [-0.2, -0.15) is 0 Å². The van der Waals surface area contributed by atoms with E-state index < -0.39 is 22.5 Å². The molecule has 2 nitrogen and oxygen atoms in total. The molecule has 0 aliphatic carbocycles. The molecule has 0 bridgehead atoms. The number of aliphatic hydroxyl groups excluding tert-OH is 1. The Bertz CT molecular complexity index is 518. The van der Waals surface area contributed by atoms with E-state index in [1.807, 2.05) is 12.1 Å². The highest BCUT2D eigenvalue weighted by molar-refractivity contribution is 6.91. The minimum Gasteiger partial charge on any atom is -0.417 e. The molecule has 0 radical (unpaired) electrons. The number of hydrogen-bond donors (Lipinski definition) is 1. The molecular formula is C20H36O2Si2. The highest BCUT2D eigenvalue weighted by Crippen LogP contribution is 2.37.